The van der Waals surface area contributed by atoms with Gasteiger partial charge in [-0.3, -0.25) is 14.6 Å². The molecule has 3 rings (SSSR count). The molecular weight excluding hydrogens is 372 g/mol. The summed E-state index contributed by atoms with van der Waals surface area (Å²) in [6.45, 7) is 3.79. The number of ether oxygens (including phenoxy) is 1. The van der Waals surface area contributed by atoms with E-state index >= 15 is 0 Å². The maximum Gasteiger partial charge on any atom is 0.413 e. The highest BCUT2D eigenvalue weighted by molar-refractivity contribution is 5.77. The Morgan fingerprint density at radius 3 is 2.79 bits per heavy atom. The van der Waals surface area contributed by atoms with E-state index in [0.29, 0.717) is 26.2 Å². The van der Waals surface area contributed by atoms with Gasteiger partial charge in [-0.1, -0.05) is 6.92 Å². The minimum absolute atomic E-state index is 0.0286. The van der Waals surface area contributed by atoms with E-state index in [9.17, 15) is 18.4 Å². The van der Waals surface area contributed by atoms with Gasteiger partial charge in [0, 0.05) is 44.6 Å². The molecule has 10 heteroatoms. The summed E-state index contributed by atoms with van der Waals surface area (Å²) in [5.74, 6) is -1.89. The Balaban J connectivity index is 1.94. The van der Waals surface area contributed by atoms with Crippen LogP contribution in [0.1, 0.15) is 26.2 Å². The molecule has 2 amide bonds. The van der Waals surface area contributed by atoms with E-state index in [1.807, 2.05) is 4.90 Å². The van der Waals surface area contributed by atoms with Gasteiger partial charge in [0.2, 0.25) is 5.91 Å². The first-order valence-electron chi connectivity index (χ1n) is 9.28. The quantitative estimate of drug-likeness (QED) is 0.728. The van der Waals surface area contributed by atoms with Gasteiger partial charge in [0.25, 0.3) is 0 Å². The summed E-state index contributed by atoms with van der Waals surface area (Å²) in [7, 11) is 0. The molecule has 2 heterocycles. The van der Waals surface area contributed by atoms with Gasteiger partial charge in [0.15, 0.2) is 6.23 Å². The van der Waals surface area contributed by atoms with Crippen molar-refractivity contribution < 1.29 is 23.1 Å². The number of nitriles is 1. The molecule has 0 aromatic heterocycles. The van der Waals surface area contributed by atoms with Gasteiger partial charge in [0.1, 0.15) is 17.3 Å². The normalized spacial score (nSPS) is 28.6. The largest absolute Gasteiger partial charge is 0.423 e. The van der Waals surface area contributed by atoms with Crippen LogP contribution in [0.25, 0.3) is 0 Å². The van der Waals surface area contributed by atoms with E-state index in [1.165, 1.54) is 11.0 Å². The molecule has 152 valence electrons. The molecule has 0 spiro atoms. The summed E-state index contributed by atoms with van der Waals surface area (Å²) in [4.78, 5) is 27.3. The van der Waals surface area contributed by atoms with Crippen LogP contribution in [0.2, 0.25) is 0 Å². The third-order valence-electron chi connectivity index (χ3n) is 5.23. The number of nitrogens with zero attached hydrogens (tertiary/aromatic N) is 3. The van der Waals surface area contributed by atoms with Crippen molar-refractivity contribution in [3.8, 4) is 6.07 Å². The van der Waals surface area contributed by atoms with Crippen molar-refractivity contribution in [1.82, 2.24) is 20.4 Å². The molecule has 0 saturated carbocycles. The van der Waals surface area contributed by atoms with E-state index in [1.54, 1.807) is 13.0 Å². The lowest BCUT2D eigenvalue weighted by molar-refractivity contribution is -0.123. The van der Waals surface area contributed by atoms with Gasteiger partial charge >= 0.3 is 6.09 Å². The monoisotopic (exact) mass is 395 g/mol. The van der Waals surface area contributed by atoms with Crippen molar-refractivity contribution in [2.75, 3.05) is 32.7 Å². The van der Waals surface area contributed by atoms with Crippen LogP contribution in [0.15, 0.2) is 23.3 Å². The first-order valence-corrected chi connectivity index (χ1v) is 9.28. The van der Waals surface area contributed by atoms with Gasteiger partial charge in [-0.05, 0) is 6.08 Å². The second-order valence-corrected chi connectivity index (χ2v) is 6.91. The summed E-state index contributed by atoms with van der Waals surface area (Å²) in [6.07, 6.45) is -0.865. The fourth-order valence-corrected chi connectivity index (χ4v) is 3.80. The van der Waals surface area contributed by atoms with Crippen LogP contribution >= 0.6 is 0 Å². The molecular formula is C18H23F2N5O3. The number of amides is 2. The van der Waals surface area contributed by atoms with Gasteiger partial charge in [0.05, 0.1) is 19.0 Å². The van der Waals surface area contributed by atoms with Crippen LogP contribution in [0.5, 0.6) is 0 Å². The van der Waals surface area contributed by atoms with Gasteiger partial charge in [-0.15, -0.1) is 0 Å². The Kier molecular flexibility index (Phi) is 5.96. The maximum absolute atomic E-state index is 14.8. The Morgan fingerprint density at radius 1 is 1.46 bits per heavy atom. The Labute approximate surface area is 161 Å². The van der Waals surface area contributed by atoms with Crippen molar-refractivity contribution in [3.63, 3.8) is 0 Å². The molecule has 2 aliphatic heterocycles. The minimum Gasteiger partial charge on any atom is -0.423 e. The van der Waals surface area contributed by atoms with E-state index in [0.717, 1.165) is 0 Å². The number of halogens is 2. The lowest BCUT2D eigenvalue weighted by Crippen LogP contribution is -2.65. The molecule has 0 radical (unpaired) electrons. The molecule has 1 aliphatic carbocycles. The zero-order chi connectivity index (χ0) is 20.3. The van der Waals surface area contributed by atoms with E-state index in [4.69, 9.17) is 10.00 Å². The highest BCUT2D eigenvalue weighted by Gasteiger charge is 2.52. The fraction of sp³-hybridized carbons (Fsp3) is 0.611. The fourth-order valence-electron chi connectivity index (χ4n) is 3.80. The van der Waals surface area contributed by atoms with Crippen LogP contribution in [0.3, 0.4) is 0 Å². The summed E-state index contributed by atoms with van der Waals surface area (Å²) in [6, 6.07) is 1.76. The molecule has 2 fully saturated rings. The van der Waals surface area contributed by atoms with Crippen molar-refractivity contribution in [2.24, 2.45) is 0 Å². The van der Waals surface area contributed by atoms with Gasteiger partial charge < -0.3 is 15.4 Å². The van der Waals surface area contributed by atoms with Crippen molar-refractivity contribution in [1.29, 1.82) is 5.26 Å². The average Bonchev–Trinajstić information content (AvgIpc) is 3.05. The number of cyclic esters (lactones) is 1. The predicted molar refractivity (Wildman–Crippen MR) is 94.8 cm³/mol. The highest BCUT2D eigenvalue weighted by atomic mass is 19.1. The second kappa shape index (κ2) is 8.24. The number of carbonyl (C=O) groups is 2. The number of piperazine rings is 1. The highest BCUT2D eigenvalue weighted by Crippen LogP contribution is 2.42. The Morgan fingerprint density at radius 2 is 2.18 bits per heavy atom. The van der Waals surface area contributed by atoms with E-state index in [2.05, 4.69) is 10.6 Å². The molecule has 0 aromatic carbocycles. The Bertz CT molecular complexity index is 757. The van der Waals surface area contributed by atoms with E-state index in [-0.39, 0.29) is 37.3 Å². The maximum atomic E-state index is 14.8. The second-order valence-electron chi connectivity index (χ2n) is 6.91. The molecule has 2 saturated heterocycles. The molecule has 2 N–H and O–H groups in total. The number of carbonyl (C=O) groups excluding carboxylic acids is 2. The third kappa shape index (κ3) is 3.72. The number of hydrogen-bond donors (Lipinski definition) is 2. The molecule has 3 aliphatic rings. The summed E-state index contributed by atoms with van der Waals surface area (Å²) in [5, 5.41) is 14.6. The Hall–Kier alpha value is -2.51. The number of rotatable bonds is 5. The van der Waals surface area contributed by atoms with Crippen LogP contribution in [-0.4, -0.2) is 66.4 Å². The van der Waals surface area contributed by atoms with Crippen molar-refractivity contribution in [2.45, 2.75) is 38.1 Å². The summed E-state index contributed by atoms with van der Waals surface area (Å²) >= 11 is 0. The van der Waals surface area contributed by atoms with Gasteiger partial charge in [-0.25, -0.2) is 13.6 Å². The average molecular weight is 395 g/mol. The van der Waals surface area contributed by atoms with Crippen LogP contribution in [0.4, 0.5) is 13.6 Å². The predicted octanol–water partition coefficient (Wildman–Crippen LogP) is 1.29. The van der Waals surface area contributed by atoms with Crippen LogP contribution in [0, 0.1) is 11.3 Å². The third-order valence-corrected chi connectivity index (χ3v) is 5.23. The summed E-state index contributed by atoms with van der Waals surface area (Å²) in [5.41, 5.74) is -1.67. The first-order chi connectivity index (χ1) is 13.4. The zero-order valence-electron chi connectivity index (χ0n) is 15.6. The molecule has 0 aromatic rings. The molecule has 2 atom stereocenters. The minimum atomic E-state index is -1.39. The number of hydrogen-bond acceptors (Lipinski definition) is 6. The number of nitrogens with one attached hydrogen (secondary N) is 2. The molecule has 0 bridgehead atoms. The smallest absolute Gasteiger partial charge is 0.413 e. The molecule has 8 nitrogen and oxygen atoms in total. The molecule has 2 unspecified atom stereocenters. The van der Waals surface area contributed by atoms with Crippen molar-refractivity contribution in [3.05, 3.63) is 23.3 Å². The molecule has 28 heavy (non-hydrogen) atoms. The zero-order valence-corrected chi connectivity index (χ0v) is 15.6. The number of allylic oxidation sites excluding steroid dienone is 2. The van der Waals surface area contributed by atoms with Crippen LogP contribution < -0.4 is 10.6 Å². The van der Waals surface area contributed by atoms with Gasteiger partial charge in [-0.2, -0.15) is 5.26 Å². The first kappa shape index (κ1) is 20.2. The standard InChI is InChI=1S/C18H23F2N5O3/c1-2-15(26)23-16-11-25(17(27)28-16)18(24-7-5-22-6-8-24)9-13(19)12(3-4-21)14(20)10-18/h9,16,22H,2-3,5-8,10-11H2,1H3,(H,23,26). The van der Waals surface area contributed by atoms with Crippen LogP contribution in [-0.2, 0) is 9.53 Å². The topological polar surface area (TPSA) is 97.7 Å². The van der Waals surface area contributed by atoms with E-state index < -0.39 is 29.6 Å². The lowest BCUT2D eigenvalue weighted by atomic mass is 9.90. The van der Waals surface area contributed by atoms with Crippen molar-refractivity contribution >= 4 is 12.0 Å². The summed E-state index contributed by atoms with van der Waals surface area (Å²) < 4.78 is 34.9. The SMILES string of the molecule is CCC(=O)NC1CN(C2(N3CCNCC3)C=C(F)C(CC#N)=C(F)C2)C(=O)O1. The lowest BCUT2D eigenvalue weighted by Gasteiger charge is -2.49.